The summed E-state index contributed by atoms with van der Waals surface area (Å²) >= 11 is 3.94. The van der Waals surface area contributed by atoms with Crippen molar-refractivity contribution in [3.63, 3.8) is 0 Å². The molecule has 15 heteroatoms. The van der Waals surface area contributed by atoms with Gasteiger partial charge in [0.15, 0.2) is 0 Å². The Bertz CT molecular complexity index is 1110. The van der Waals surface area contributed by atoms with Crippen LogP contribution in [0.4, 0.5) is 0 Å². The molecular formula is C23H31N7O7S. The van der Waals surface area contributed by atoms with Gasteiger partial charge in [-0.25, -0.2) is 9.78 Å². The minimum absolute atomic E-state index is 0.00481. The molecule has 1 aromatic heterocycles. The van der Waals surface area contributed by atoms with Gasteiger partial charge in [-0.1, -0.05) is 12.1 Å². The molecule has 10 N–H and O–H groups in total. The van der Waals surface area contributed by atoms with Crippen LogP contribution in [0.15, 0.2) is 36.8 Å². The summed E-state index contributed by atoms with van der Waals surface area (Å²) in [6, 6.07) is 0.976. The first-order valence-corrected chi connectivity index (χ1v) is 12.2. The van der Waals surface area contributed by atoms with Crippen LogP contribution < -0.4 is 27.4 Å². The van der Waals surface area contributed by atoms with Crippen molar-refractivity contribution in [1.29, 1.82) is 0 Å². The summed E-state index contributed by atoms with van der Waals surface area (Å²) in [6.07, 6.45) is 2.57. The molecule has 4 unspecified atom stereocenters. The Balaban J connectivity index is 2.25. The van der Waals surface area contributed by atoms with Gasteiger partial charge in [-0.3, -0.25) is 19.2 Å². The maximum Gasteiger partial charge on any atom is 0.327 e. The Hall–Kier alpha value is -4.11. The molecule has 2 rings (SSSR count). The fourth-order valence-electron chi connectivity index (χ4n) is 3.34. The predicted molar refractivity (Wildman–Crippen MR) is 138 cm³/mol. The molecule has 0 spiro atoms. The lowest BCUT2D eigenvalue weighted by molar-refractivity contribution is -0.141. The molecule has 0 aliphatic carbocycles. The molecule has 14 nitrogen and oxygen atoms in total. The molecule has 38 heavy (non-hydrogen) atoms. The average molecular weight is 550 g/mol. The first-order chi connectivity index (χ1) is 18.0. The summed E-state index contributed by atoms with van der Waals surface area (Å²) < 4.78 is 0. The summed E-state index contributed by atoms with van der Waals surface area (Å²) in [4.78, 5) is 68.1. The number of rotatable bonds is 15. The first kappa shape index (κ1) is 30.1. The summed E-state index contributed by atoms with van der Waals surface area (Å²) in [5.74, 6) is -4.41. The highest BCUT2D eigenvalue weighted by molar-refractivity contribution is 7.80. The fraction of sp³-hybridized carbons (Fsp3) is 0.391. The third kappa shape index (κ3) is 9.74. The molecule has 0 radical (unpaired) electrons. The Kier molecular flexibility index (Phi) is 11.6. The summed E-state index contributed by atoms with van der Waals surface area (Å²) in [6.45, 7) is 0. The van der Waals surface area contributed by atoms with E-state index in [-0.39, 0.29) is 37.2 Å². The largest absolute Gasteiger partial charge is 0.508 e. The van der Waals surface area contributed by atoms with Gasteiger partial charge in [0.25, 0.3) is 0 Å². The number of aromatic amines is 1. The van der Waals surface area contributed by atoms with Gasteiger partial charge >= 0.3 is 5.97 Å². The number of aromatic nitrogens is 2. The van der Waals surface area contributed by atoms with E-state index in [9.17, 15) is 34.2 Å². The van der Waals surface area contributed by atoms with Crippen LogP contribution in [0.2, 0.25) is 0 Å². The number of H-pyrrole nitrogens is 1. The number of aliphatic carboxylic acids is 1. The monoisotopic (exact) mass is 549 g/mol. The number of nitrogens with zero attached hydrogens (tertiary/aromatic N) is 1. The minimum atomic E-state index is -1.31. The number of phenolic OH excluding ortho intramolecular Hbond substituents is 1. The molecule has 1 aromatic carbocycles. The molecule has 0 bridgehead atoms. The highest BCUT2D eigenvalue weighted by Crippen LogP contribution is 2.12. The van der Waals surface area contributed by atoms with Crippen LogP contribution in [0, 0.1) is 0 Å². The number of thiol groups is 1. The average Bonchev–Trinajstić information content (AvgIpc) is 3.38. The van der Waals surface area contributed by atoms with Crippen molar-refractivity contribution in [2.24, 2.45) is 11.5 Å². The van der Waals surface area contributed by atoms with Gasteiger partial charge in [-0.05, 0) is 24.1 Å². The zero-order valence-electron chi connectivity index (χ0n) is 20.3. The van der Waals surface area contributed by atoms with Crippen LogP contribution in [0.25, 0.3) is 0 Å². The van der Waals surface area contributed by atoms with Gasteiger partial charge in [-0.2, -0.15) is 12.6 Å². The van der Waals surface area contributed by atoms with Gasteiger partial charge in [0.1, 0.15) is 23.9 Å². The van der Waals surface area contributed by atoms with Gasteiger partial charge in [0.05, 0.1) is 12.4 Å². The molecule has 0 saturated carbocycles. The number of hydrogen-bond donors (Lipinski definition) is 9. The van der Waals surface area contributed by atoms with E-state index in [1.165, 1.54) is 36.8 Å². The lowest BCUT2D eigenvalue weighted by atomic mass is 10.0. The van der Waals surface area contributed by atoms with Crippen molar-refractivity contribution in [3.05, 3.63) is 48.0 Å². The topological polar surface area (TPSA) is 243 Å². The van der Waals surface area contributed by atoms with Crippen LogP contribution in [0.5, 0.6) is 5.75 Å². The number of primary amides is 1. The molecule has 0 aliphatic heterocycles. The van der Waals surface area contributed by atoms with Crippen LogP contribution in [0.1, 0.15) is 24.1 Å². The third-order valence-electron chi connectivity index (χ3n) is 5.46. The number of carboxylic acids is 1. The lowest BCUT2D eigenvalue weighted by Crippen LogP contribution is -2.58. The van der Waals surface area contributed by atoms with Crippen LogP contribution in [-0.4, -0.2) is 79.7 Å². The Morgan fingerprint density at radius 1 is 0.947 bits per heavy atom. The number of carbonyl (C=O) groups excluding carboxylic acids is 4. The Labute approximate surface area is 223 Å². The van der Waals surface area contributed by atoms with Gasteiger partial charge in [0, 0.05) is 36.9 Å². The number of carboxylic acid groups (broad SMARTS) is 1. The second kappa shape index (κ2) is 14.6. The number of hydrogen-bond acceptors (Lipinski definition) is 9. The maximum atomic E-state index is 13.3. The maximum absolute atomic E-state index is 13.3. The third-order valence-corrected chi connectivity index (χ3v) is 5.82. The molecule has 0 fully saturated rings. The number of benzene rings is 1. The van der Waals surface area contributed by atoms with Gasteiger partial charge < -0.3 is 42.6 Å². The molecule has 206 valence electrons. The molecule has 2 aromatic rings. The Morgan fingerprint density at radius 2 is 1.53 bits per heavy atom. The van der Waals surface area contributed by atoms with Crippen molar-refractivity contribution in [2.75, 3.05) is 5.75 Å². The number of phenols is 1. The van der Waals surface area contributed by atoms with E-state index < -0.39 is 53.8 Å². The minimum Gasteiger partial charge on any atom is -0.508 e. The normalized spacial score (nSPS) is 13.9. The van der Waals surface area contributed by atoms with E-state index in [1.54, 1.807) is 0 Å². The van der Waals surface area contributed by atoms with E-state index in [0.29, 0.717) is 11.3 Å². The Morgan fingerprint density at radius 3 is 2.05 bits per heavy atom. The van der Waals surface area contributed by atoms with E-state index in [2.05, 4.69) is 38.5 Å². The summed E-state index contributed by atoms with van der Waals surface area (Å²) in [7, 11) is 0. The standard InChI is InChI=1S/C23H31N7O7S/c24-15(5-6-19(25)32)20(33)28-17(8-13-9-26-11-27-13)22(35)29-16(7-12-1-3-14(31)4-2-12)21(34)30-18(10-38)23(36)37/h1-4,9,11,15-18,31,38H,5-8,10,24H2,(H2,25,32)(H,26,27)(H,28,33)(H,29,35)(H,30,34)(H,36,37). The number of aromatic hydroxyl groups is 1. The second-order valence-electron chi connectivity index (χ2n) is 8.47. The smallest absolute Gasteiger partial charge is 0.327 e. The fourth-order valence-corrected chi connectivity index (χ4v) is 3.59. The van der Waals surface area contributed by atoms with E-state index >= 15 is 0 Å². The van der Waals surface area contributed by atoms with Crippen LogP contribution in [-0.2, 0) is 36.8 Å². The van der Waals surface area contributed by atoms with E-state index in [4.69, 9.17) is 11.5 Å². The molecule has 0 aliphatic rings. The molecule has 4 amide bonds. The zero-order chi connectivity index (χ0) is 28.2. The van der Waals surface area contributed by atoms with Crippen molar-refractivity contribution in [2.45, 2.75) is 49.9 Å². The summed E-state index contributed by atoms with van der Waals surface area (Å²) in [5, 5.41) is 26.2. The highest BCUT2D eigenvalue weighted by Gasteiger charge is 2.30. The number of nitrogens with one attached hydrogen (secondary N) is 4. The quantitative estimate of drug-likeness (QED) is 0.111. The van der Waals surface area contributed by atoms with Crippen LogP contribution >= 0.6 is 12.6 Å². The number of amides is 4. The van der Waals surface area contributed by atoms with Crippen LogP contribution in [0.3, 0.4) is 0 Å². The molecule has 0 saturated heterocycles. The summed E-state index contributed by atoms with van der Waals surface area (Å²) in [5.41, 5.74) is 12.0. The van der Waals surface area contributed by atoms with Crippen molar-refractivity contribution in [1.82, 2.24) is 25.9 Å². The SMILES string of the molecule is NC(=O)CCC(N)C(=O)NC(Cc1cnc[nH]1)C(=O)NC(Cc1ccc(O)cc1)C(=O)NC(CS)C(=O)O. The predicted octanol–water partition coefficient (Wildman–Crippen LogP) is -2.04. The number of imidazole rings is 1. The van der Waals surface area contributed by atoms with Crippen molar-refractivity contribution < 1.29 is 34.2 Å². The molecule has 1 heterocycles. The van der Waals surface area contributed by atoms with E-state index in [1.807, 2.05) is 0 Å². The highest BCUT2D eigenvalue weighted by atomic mass is 32.1. The van der Waals surface area contributed by atoms with E-state index in [0.717, 1.165) is 0 Å². The second-order valence-corrected chi connectivity index (χ2v) is 8.83. The van der Waals surface area contributed by atoms with Gasteiger partial charge in [0.2, 0.25) is 23.6 Å². The van der Waals surface area contributed by atoms with Crippen molar-refractivity contribution >= 4 is 42.2 Å². The number of nitrogens with two attached hydrogens (primary N) is 2. The zero-order valence-corrected chi connectivity index (χ0v) is 21.2. The van der Waals surface area contributed by atoms with Crippen molar-refractivity contribution in [3.8, 4) is 5.75 Å². The van der Waals surface area contributed by atoms with Gasteiger partial charge in [-0.15, -0.1) is 0 Å². The lowest BCUT2D eigenvalue weighted by Gasteiger charge is -2.25. The first-order valence-electron chi connectivity index (χ1n) is 11.5. The molecule has 4 atom stereocenters. The molecular weight excluding hydrogens is 518 g/mol. The number of carbonyl (C=O) groups is 5.